The molecule has 28 heavy (non-hydrogen) atoms. The highest BCUT2D eigenvalue weighted by Gasteiger charge is 2.19. The Bertz CT molecular complexity index is 1090. The summed E-state index contributed by atoms with van der Waals surface area (Å²) >= 11 is 5.95. The number of halogens is 1. The van der Waals surface area contributed by atoms with E-state index in [1.807, 2.05) is 0 Å². The van der Waals surface area contributed by atoms with Crippen LogP contribution >= 0.6 is 11.6 Å². The monoisotopic (exact) mass is 403 g/mol. The summed E-state index contributed by atoms with van der Waals surface area (Å²) in [6, 6.07) is 9.82. The lowest BCUT2D eigenvalue weighted by atomic mass is 10.1. The number of fused-ring (bicyclic) bond motifs is 1. The number of esters is 1. The van der Waals surface area contributed by atoms with Crippen molar-refractivity contribution in [1.82, 2.24) is 9.97 Å². The van der Waals surface area contributed by atoms with Gasteiger partial charge in [-0.15, -0.1) is 0 Å². The lowest BCUT2D eigenvalue weighted by Gasteiger charge is -2.14. The fraction of sp³-hybridized carbons (Fsp3) is 0.211. The first-order valence-corrected chi connectivity index (χ1v) is 8.78. The van der Waals surface area contributed by atoms with Gasteiger partial charge in [0.15, 0.2) is 6.10 Å². The van der Waals surface area contributed by atoms with Crippen molar-refractivity contribution in [1.29, 1.82) is 0 Å². The Morgan fingerprint density at radius 1 is 1.14 bits per heavy atom. The maximum absolute atomic E-state index is 12.3. The van der Waals surface area contributed by atoms with Crippen molar-refractivity contribution >= 4 is 40.2 Å². The number of methoxy groups -OCH3 is 1. The highest BCUT2D eigenvalue weighted by molar-refractivity contribution is 6.30. The van der Waals surface area contributed by atoms with Crippen LogP contribution in [0.1, 0.15) is 12.5 Å². The molecule has 8 nitrogen and oxygen atoms in total. The van der Waals surface area contributed by atoms with E-state index in [0.717, 1.165) is 0 Å². The molecule has 0 spiro atoms. The van der Waals surface area contributed by atoms with Crippen LogP contribution in [-0.4, -0.2) is 35.1 Å². The highest BCUT2D eigenvalue weighted by atomic mass is 35.5. The molecule has 146 valence electrons. The van der Waals surface area contributed by atoms with Gasteiger partial charge in [-0.25, -0.2) is 4.79 Å². The molecule has 9 heteroatoms. The SMILES string of the molecule is COc1ccc(Cl)cc1CC(=O)O[C@H](C)C(=O)Nc1ccc2[nH]c(=O)[nH]c2c1. The van der Waals surface area contributed by atoms with Gasteiger partial charge in [0.2, 0.25) is 0 Å². The fourth-order valence-corrected chi connectivity index (χ4v) is 2.88. The average Bonchev–Trinajstić information content (AvgIpc) is 3.01. The first kappa shape index (κ1) is 19.5. The summed E-state index contributed by atoms with van der Waals surface area (Å²) in [6.07, 6.45) is -1.10. The van der Waals surface area contributed by atoms with Gasteiger partial charge >= 0.3 is 11.7 Å². The number of hydrogen-bond acceptors (Lipinski definition) is 5. The molecule has 2 aromatic carbocycles. The predicted molar refractivity (Wildman–Crippen MR) is 105 cm³/mol. The van der Waals surface area contributed by atoms with Crippen molar-refractivity contribution in [3.05, 3.63) is 57.5 Å². The van der Waals surface area contributed by atoms with Gasteiger partial charge in [-0.3, -0.25) is 9.59 Å². The van der Waals surface area contributed by atoms with Gasteiger partial charge in [0.05, 0.1) is 24.6 Å². The number of H-pyrrole nitrogens is 2. The van der Waals surface area contributed by atoms with Crippen LogP contribution in [0.15, 0.2) is 41.2 Å². The minimum absolute atomic E-state index is 0.0854. The van der Waals surface area contributed by atoms with E-state index >= 15 is 0 Å². The number of aromatic amines is 2. The van der Waals surface area contributed by atoms with E-state index in [-0.39, 0.29) is 12.1 Å². The van der Waals surface area contributed by atoms with Gasteiger partial charge in [-0.1, -0.05) is 11.6 Å². The number of anilines is 1. The van der Waals surface area contributed by atoms with E-state index in [1.54, 1.807) is 36.4 Å². The first-order chi connectivity index (χ1) is 13.4. The number of nitrogens with one attached hydrogen (secondary N) is 3. The Hall–Kier alpha value is -3.26. The molecule has 1 amide bonds. The maximum Gasteiger partial charge on any atom is 0.323 e. The van der Waals surface area contributed by atoms with Crippen LogP contribution in [0.25, 0.3) is 11.0 Å². The summed E-state index contributed by atoms with van der Waals surface area (Å²) < 4.78 is 10.4. The highest BCUT2D eigenvalue weighted by Crippen LogP contribution is 2.23. The number of rotatable bonds is 6. The summed E-state index contributed by atoms with van der Waals surface area (Å²) in [5.41, 5.74) is 1.87. The molecule has 1 atom stereocenters. The van der Waals surface area contributed by atoms with Crippen LogP contribution in [0, 0.1) is 0 Å². The van der Waals surface area contributed by atoms with E-state index in [1.165, 1.54) is 14.0 Å². The van der Waals surface area contributed by atoms with Gasteiger partial charge in [0.25, 0.3) is 5.91 Å². The van der Waals surface area contributed by atoms with Crippen LogP contribution in [0.4, 0.5) is 5.69 Å². The second kappa shape index (κ2) is 8.18. The van der Waals surface area contributed by atoms with Gasteiger partial charge in [0.1, 0.15) is 5.75 Å². The zero-order valence-corrected chi connectivity index (χ0v) is 15.9. The molecule has 0 fully saturated rings. The maximum atomic E-state index is 12.3. The first-order valence-electron chi connectivity index (χ1n) is 8.40. The Morgan fingerprint density at radius 3 is 2.64 bits per heavy atom. The molecule has 0 saturated carbocycles. The Balaban J connectivity index is 1.62. The number of hydrogen-bond donors (Lipinski definition) is 3. The number of amides is 1. The fourth-order valence-electron chi connectivity index (χ4n) is 2.69. The summed E-state index contributed by atoms with van der Waals surface area (Å²) in [5, 5.41) is 3.11. The minimum Gasteiger partial charge on any atom is -0.496 e. The largest absolute Gasteiger partial charge is 0.496 e. The smallest absolute Gasteiger partial charge is 0.323 e. The molecular weight excluding hydrogens is 386 g/mol. The zero-order valence-electron chi connectivity index (χ0n) is 15.2. The van der Waals surface area contributed by atoms with E-state index in [4.69, 9.17) is 21.1 Å². The molecule has 3 N–H and O–H groups in total. The number of aromatic nitrogens is 2. The second-order valence-electron chi connectivity index (χ2n) is 6.09. The van der Waals surface area contributed by atoms with Crippen LogP contribution in [0.3, 0.4) is 0 Å². The number of carbonyl (C=O) groups is 2. The van der Waals surface area contributed by atoms with Gasteiger partial charge in [0, 0.05) is 16.3 Å². The number of carbonyl (C=O) groups excluding carboxylic acids is 2. The lowest BCUT2D eigenvalue weighted by Crippen LogP contribution is -2.30. The quantitative estimate of drug-likeness (QED) is 0.547. The lowest BCUT2D eigenvalue weighted by molar-refractivity contribution is -0.152. The topological polar surface area (TPSA) is 113 Å². The molecule has 3 rings (SSSR count). The molecule has 1 aromatic heterocycles. The van der Waals surface area contributed by atoms with Crippen molar-refractivity contribution in [2.75, 3.05) is 12.4 Å². The molecule has 0 aliphatic carbocycles. The minimum atomic E-state index is -1.02. The average molecular weight is 404 g/mol. The molecule has 0 unspecified atom stereocenters. The molecule has 0 aliphatic heterocycles. The van der Waals surface area contributed by atoms with Crippen molar-refractivity contribution in [3.63, 3.8) is 0 Å². The van der Waals surface area contributed by atoms with Crippen molar-refractivity contribution < 1.29 is 19.1 Å². The normalized spacial score (nSPS) is 11.8. The number of ether oxygens (including phenoxy) is 2. The molecule has 0 bridgehead atoms. The predicted octanol–water partition coefficient (Wildman–Crippen LogP) is 2.63. The van der Waals surface area contributed by atoms with Crippen LogP contribution in [0.2, 0.25) is 5.02 Å². The molecule has 0 radical (unpaired) electrons. The zero-order chi connectivity index (χ0) is 20.3. The van der Waals surface area contributed by atoms with E-state index in [0.29, 0.717) is 33.1 Å². The van der Waals surface area contributed by atoms with E-state index in [9.17, 15) is 14.4 Å². The van der Waals surface area contributed by atoms with Crippen LogP contribution in [-0.2, 0) is 20.7 Å². The van der Waals surface area contributed by atoms with E-state index in [2.05, 4.69) is 15.3 Å². The molecule has 1 heterocycles. The molecule has 0 saturated heterocycles. The third-order valence-corrected chi connectivity index (χ3v) is 4.27. The number of imidazole rings is 1. The number of benzene rings is 2. The van der Waals surface area contributed by atoms with Crippen molar-refractivity contribution in [2.24, 2.45) is 0 Å². The second-order valence-corrected chi connectivity index (χ2v) is 6.53. The standard InChI is InChI=1S/C19H18ClN3O5/c1-10(28-17(24)8-11-7-12(20)3-6-16(11)27-2)18(25)21-13-4-5-14-15(9-13)23-19(26)22-14/h3-7,9-10H,8H2,1-2H3,(H,21,25)(H2,22,23,26)/t10-/m1/s1. The Morgan fingerprint density at radius 2 is 1.89 bits per heavy atom. The van der Waals surface area contributed by atoms with Crippen molar-refractivity contribution in [3.8, 4) is 5.75 Å². The Labute approximate surface area is 164 Å². The summed E-state index contributed by atoms with van der Waals surface area (Å²) in [5.74, 6) is -0.579. The van der Waals surface area contributed by atoms with Gasteiger partial charge in [-0.05, 0) is 43.3 Å². The van der Waals surface area contributed by atoms with Crippen LogP contribution in [0.5, 0.6) is 5.75 Å². The van der Waals surface area contributed by atoms with Crippen LogP contribution < -0.4 is 15.7 Å². The third-order valence-electron chi connectivity index (χ3n) is 4.04. The third kappa shape index (κ3) is 4.52. The molecular formula is C19H18ClN3O5. The Kier molecular flexibility index (Phi) is 5.70. The molecule has 3 aromatic rings. The summed E-state index contributed by atoms with van der Waals surface area (Å²) in [4.78, 5) is 41.0. The van der Waals surface area contributed by atoms with E-state index < -0.39 is 18.0 Å². The summed E-state index contributed by atoms with van der Waals surface area (Å²) in [6.45, 7) is 1.47. The summed E-state index contributed by atoms with van der Waals surface area (Å²) in [7, 11) is 1.49. The van der Waals surface area contributed by atoms with Gasteiger partial charge in [-0.2, -0.15) is 0 Å². The van der Waals surface area contributed by atoms with Gasteiger partial charge < -0.3 is 24.8 Å². The van der Waals surface area contributed by atoms with Crippen molar-refractivity contribution in [2.45, 2.75) is 19.4 Å². The molecule has 0 aliphatic rings.